The highest BCUT2D eigenvalue weighted by atomic mass is 16.5. The minimum atomic E-state index is -0.779. The molecular formula is C13H16N4O4. The van der Waals surface area contributed by atoms with Crippen LogP contribution in [0.3, 0.4) is 0 Å². The van der Waals surface area contributed by atoms with E-state index in [1.807, 2.05) is 0 Å². The van der Waals surface area contributed by atoms with Gasteiger partial charge < -0.3 is 4.52 Å². The Kier molecular flexibility index (Phi) is 3.44. The maximum absolute atomic E-state index is 12.5. The molecule has 2 fully saturated rings. The summed E-state index contributed by atoms with van der Waals surface area (Å²) in [6, 6.07) is -0.721. The van der Waals surface area contributed by atoms with Crippen molar-refractivity contribution in [3.63, 3.8) is 0 Å². The molecule has 1 aromatic rings. The molecule has 8 heteroatoms. The average molecular weight is 292 g/mol. The Morgan fingerprint density at radius 3 is 2.62 bits per heavy atom. The van der Waals surface area contributed by atoms with Gasteiger partial charge in [-0.15, -0.1) is 0 Å². The first kappa shape index (κ1) is 13.7. The number of imide groups is 2. The lowest BCUT2D eigenvalue weighted by Gasteiger charge is -2.32. The van der Waals surface area contributed by atoms with E-state index in [0.717, 1.165) is 30.6 Å². The number of hydrogen-bond donors (Lipinski definition) is 1. The number of aromatic nitrogens is 2. The van der Waals surface area contributed by atoms with Crippen molar-refractivity contribution in [1.82, 2.24) is 20.4 Å². The molecule has 0 radical (unpaired) electrons. The fourth-order valence-electron chi connectivity index (χ4n) is 3.03. The van der Waals surface area contributed by atoms with Gasteiger partial charge in [-0.05, 0) is 18.8 Å². The number of rotatable bonds is 3. The van der Waals surface area contributed by atoms with Gasteiger partial charge in [0.2, 0.25) is 17.7 Å². The van der Waals surface area contributed by atoms with Crippen molar-refractivity contribution in [2.24, 2.45) is 11.8 Å². The smallest absolute Gasteiger partial charge is 0.331 e. The van der Waals surface area contributed by atoms with E-state index < -0.39 is 23.8 Å². The summed E-state index contributed by atoms with van der Waals surface area (Å²) in [7, 11) is 0. The summed E-state index contributed by atoms with van der Waals surface area (Å²) < 4.78 is 4.83. The highest BCUT2D eigenvalue weighted by Gasteiger charge is 2.45. The Morgan fingerprint density at radius 1 is 1.29 bits per heavy atom. The third kappa shape index (κ3) is 2.53. The summed E-state index contributed by atoms with van der Waals surface area (Å²) in [6.45, 7) is 1.54. The van der Waals surface area contributed by atoms with Crippen LogP contribution in [-0.4, -0.2) is 32.9 Å². The topological polar surface area (TPSA) is 105 Å². The van der Waals surface area contributed by atoms with Crippen molar-refractivity contribution in [3.8, 4) is 0 Å². The molecule has 1 aliphatic heterocycles. The van der Waals surface area contributed by atoms with Crippen LogP contribution < -0.4 is 5.32 Å². The molecule has 0 spiro atoms. The van der Waals surface area contributed by atoms with E-state index >= 15 is 0 Å². The van der Waals surface area contributed by atoms with E-state index in [0.29, 0.717) is 5.89 Å². The predicted molar refractivity (Wildman–Crippen MR) is 68.6 cm³/mol. The zero-order valence-corrected chi connectivity index (χ0v) is 11.7. The van der Waals surface area contributed by atoms with Gasteiger partial charge in [0.1, 0.15) is 5.92 Å². The Morgan fingerprint density at radius 2 is 2.00 bits per heavy atom. The van der Waals surface area contributed by atoms with Gasteiger partial charge in [0.15, 0.2) is 5.82 Å². The molecule has 1 saturated carbocycles. The third-order valence-corrected chi connectivity index (χ3v) is 4.03. The van der Waals surface area contributed by atoms with Crippen LogP contribution in [-0.2, 0) is 16.1 Å². The van der Waals surface area contributed by atoms with Crippen LogP contribution in [0.5, 0.6) is 0 Å². The molecule has 1 atom stereocenters. The normalized spacial score (nSPS) is 23.8. The molecule has 112 valence electrons. The van der Waals surface area contributed by atoms with Crippen molar-refractivity contribution in [2.45, 2.75) is 39.2 Å². The van der Waals surface area contributed by atoms with Crippen LogP contribution in [0, 0.1) is 18.8 Å². The van der Waals surface area contributed by atoms with E-state index in [2.05, 4.69) is 15.5 Å². The number of carbonyl (C=O) groups excluding carboxylic acids is 3. The number of aryl methyl sites for hydroxylation is 1. The van der Waals surface area contributed by atoms with Gasteiger partial charge in [-0.2, -0.15) is 4.98 Å². The molecule has 1 aliphatic carbocycles. The molecule has 3 rings (SSSR count). The Balaban J connectivity index is 1.80. The van der Waals surface area contributed by atoms with E-state index in [-0.39, 0.29) is 18.3 Å². The molecule has 1 aromatic heterocycles. The van der Waals surface area contributed by atoms with E-state index in [9.17, 15) is 14.4 Å². The molecular weight excluding hydrogens is 276 g/mol. The Bertz CT molecular complexity index is 591. The highest BCUT2D eigenvalue weighted by Crippen LogP contribution is 2.34. The first-order valence-electron chi connectivity index (χ1n) is 7.01. The lowest BCUT2D eigenvalue weighted by atomic mass is 9.87. The van der Waals surface area contributed by atoms with Gasteiger partial charge in [-0.25, -0.2) is 4.79 Å². The molecule has 1 saturated heterocycles. The Hall–Kier alpha value is -2.25. The number of hydrogen-bond acceptors (Lipinski definition) is 6. The Labute approximate surface area is 120 Å². The highest BCUT2D eigenvalue weighted by molar-refractivity contribution is 6.16. The van der Waals surface area contributed by atoms with Gasteiger partial charge in [-0.1, -0.05) is 18.0 Å². The molecule has 0 bridgehead atoms. The molecule has 1 unspecified atom stereocenters. The van der Waals surface area contributed by atoms with Crippen LogP contribution in [0.25, 0.3) is 0 Å². The molecule has 4 amide bonds. The zero-order chi connectivity index (χ0) is 15.0. The van der Waals surface area contributed by atoms with Crippen LogP contribution in [0.2, 0.25) is 0 Å². The largest absolute Gasteiger partial charge is 0.340 e. The monoisotopic (exact) mass is 292 g/mol. The standard InChI is InChI=1S/C13H16N4O4/c1-7-14-9(16-21-7)6-17-12(19)10(8-4-2-3-5-8)11(18)15-13(17)20/h8,10H,2-6H2,1H3,(H,15,18,20). The molecule has 2 aliphatic rings. The van der Waals surface area contributed by atoms with Crippen molar-refractivity contribution in [2.75, 3.05) is 0 Å². The van der Waals surface area contributed by atoms with Crippen LogP contribution in [0.1, 0.15) is 37.4 Å². The molecule has 0 aromatic carbocycles. The minimum Gasteiger partial charge on any atom is -0.340 e. The number of carbonyl (C=O) groups is 3. The van der Waals surface area contributed by atoms with Crippen LogP contribution in [0.15, 0.2) is 4.52 Å². The van der Waals surface area contributed by atoms with Crippen molar-refractivity contribution < 1.29 is 18.9 Å². The van der Waals surface area contributed by atoms with Gasteiger partial charge in [0.25, 0.3) is 0 Å². The van der Waals surface area contributed by atoms with E-state index in [1.165, 1.54) is 0 Å². The SMILES string of the molecule is Cc1nc(CN2C(=O)NC(=O)C(C3CCCC3)C2=O)no1. The van der Waals surface area contributed by atoms with Crippen molar-refractivity contribution in [1.29, 1.82) is 0 Å². The maximum atomic E-state index is 12.5. The number of urea groups is 1. The van der Waals surface area contributed by atoms with Gasteiger partial charge >= 0.3 is 6.03 Å². The summed E-state index contributed by atoms with van der Waals surface area (Å²) in [5, 5.41) is 5.93. The quantitative estimate of drug-likeness (QED) is 0.825. The summed E-state index contributed by atoms with van der Waals surface area (Å²) >= 11 is 0. The molecule has 2 heterocycles. The summed E-state index contributed by atoms with van der Waals surface area (Å²) in [5.74, 6) is -1.11. The number of barbiturate groups is 1. The summed E-state index contributed by atoms with van der Waals surface area (Å²) in [4.78, 5) is 41.3. The fraction of sp³-hybridized carbons (Fsp3) is 0.615. The number of nitrogens with one attached hydrogen (secondary N) is 1. The molecule has 1 N–H and O–H groups in total. The van der Waals surface area contributed by atoms with Crippen molar-refractivity contribution >= 4 is 17.8 Å². The molecule has 8 nitrogen and oxygen atoms in total. The average Bonchev–Trinajstić information content (AvgIpc) is 3.06. The van der Waals surface area contributed by atoms with Gasteiger partial charge in [-0.3, -0.25) is 19.8 Å². The first-order chi connectivity index (χ1) is 10.1. The second kappa shape index (κ2) is 5.27. The van der Waals surface area contributed by atoms with E-state index in [1.54, 1.807) is 6.92 Å². The lowest BCUT2D eigenvalue weighted by Crippen LogP contribution is -2.59. The lowest BCUT2D eigenvalue weighted by molar-refractivity contribution is -0.145. The molecule has 21 heavy (non-hydrogen) atoms. The third-order valence-electron chi connectivity index (χ3n) is 4.03. The summed E-state index contributed by atoms with van der Waals surface area (Å²) in [6.07, 6.45) is 3.71. The number of amides is 4. The first-order valence-corrected chi connectivity index (χ1v) is 7.01. The maximum Gasteiger partial charge on any atom is 0.331 e. The van der Waals surface area contributed by atoms with Gasteiger partial charge in [0, 0.05) is 6.92 Å². The predicted octanol–water partition coefficient (Wildman–Crippen LogP) is 0.763. The zero-order valence-electron chi connectivity index (χ0n) is 11.7. The van der Waals surface area contributed by atoms with Crippen molar-refractivity contribution in [3.05, 3.63) is 11.7 Å². The van der Waals surface area contributed by atoms with E-state index in [4.69, 9.17) is 4.52 Å². The van der Waals surface area contributed by atoms with Crippen LogP contribution >= 0.6 is 0 Å². The fourth-order valence-corrected chi connectivity index (χ4v) is 3.03. The second-order valence-corrected chi connectivity index (χ2v) is 5.47. The number of nitrogens with zero attached hydrogens (tertiary/aromatic N) is 3. The summed E-state index contributed by atoms with van der Waals surface area (Å²) in [5.41, 5.74) is 0. The van der Waals surface area contributed by atoms with Crippen LogP contribution in [0.4, 0.5) is 4.79 Å². The van der Waals surface area contributed by atoms with Gasteiger partial charge in [0.05, 0.1) is 6.54 Å². The minimum absolute atomic E-state index is 0.0140. The second-order valence-electron chi connectivity index (χ2n) is 5.47.